The first-order valence-electron chi connectivity index (χ1n) is 9.79. The molecule has 0 aromatic heterocycles. The molecule has 34 heavy (non-hydrogen) atoms. The first-order chi connectivity index (χ1) is 15.3. The highest BCUT2D eigenvalue weighted by Gasteiger charge is 2.31. The first kappa shape index (κ1) is 27.8. The van der Waals surface area contributed by atoms with Gasteiger partial charge in [0.05, 0.1) is 22.5 Å². The van der Waals surface area contributed by atoms with Crippen LogP contribution in [-0.2, 0) is 20.0 Å². The Morgan fingerprint density at radius 1 is 0.941 bits per heavy atom. The monoisotopic (exact) mass is 544 g/mol. The Bertz CT molecular complexity index is 1190. The number of rotatable bonds is 7. The van der Waals surface area contributed by atoms with Gasteiger partial charge in [-0.25, -0.2) is 16.8 Å². The summed E-state index contributed by atoms with van der Waals surface area (Å²) in [6, 6.07) is 8.26. The van der Waals surface area contributed by atoms with Gasteiger partial charge >= 0.3 is 6.36 Å². The van der Waals surface area contributed by atoms with Gasteiger partial charge in [-0.15, -0.1) is 25.6 Å². The van der Waals surface area contributed by atoms with Crippen molar-refractivity contribution in [3.05, 3.63) is 42.5 Å². The fourth-order valence-electron chi connectivity index (χ4n) is 3.23. The van der Waals surface area contributed by atoms with Crippen LogP contribution in [0.2, 0.25) is 0 Å². The molecular formula is C19H24ClF3N4O5S2. The van der Waals surface area contributed by atoms with Crippen molar-refractivity contribution in [2.45, 2.75) is 17.7 Å². The van der Waals surface area contributed by atoms with E-state index >= 15 is 0 Å². The quantitative estimate of drug-likeness (QED) is 0.490. The van der Waals surface area contributed by atoms with Crippen LogP contribution in [0, 0.1) is 0 Å². The Labute approximate surface area is 202 Å². The number of sulfonamides is 2. The average molecular weight is 545 g/mol. The molecular weight excluding hydrogens is 521 g/mol. The number of ether oxygens (including phenoxy) is 1. The van der Waals surface area contributed by atoms with Crippen molar-refractivity contribution >= 4 is 49.5 Å². The molecule has 0 saturated carbocycles. The minimum absolute atomic E-state index is 0. The zero-order chi connectivity index (χ0) is 24.3. The molecule has 0 radical (unpaired) electrons. The molecule has 3 rings (SSSR count). The topological polar surface area (TPSA) is 117 Å². The molecule has 1 aliphatic heterocycles. The third kappa shape index (κ3) is 8.11. The van der Waals surface area contributed by atoms with Crippen LogP contribution >= 0.6 is 12.4 Å². The fourth-order valence-corrected chi connectivity index (χ4v) is 4.88. The molecule has 1 saturated heterocycles. The van der Waals surface area contributed by atoms with Gasteiger partial charge in [0.2, 0.25) is 10.0 Å². The lowest BCUT2D eigenvalue weighted by Crippen LogP contribution is -2.28. The molecule has 0 amide bonds. The molecule has 3 N–H and O–H groups in total. The molecule has 0 unspecified atom stereocenters. The van der Waals surface area contributed by atoms with E-state index < -0.39 is 32.2 Å². The van der Waals surface area contributed by atoms with E-state index in [1.165, 1.54) is 12.1 Å². The summed E-state index contributed by atoms with van der Waals surface area (Å²) in [7, 11) is -7.98. The maximum Gasteiger partial charge on any atom is 0.573 e. The lowest BCUT2D eigenvalue weighted by Gasteiger charge is -2.24. The van der Waals surface area contributed by atoms with E-state index in [4.69, 9.17) is 0 Å². The van der Waals surface area contributed by atoms with Gasteiger partial charge in [0.25, 0.3) is 10.0 Å². The van der Waals surface area contributed by atoms with Crippen LogP contribution in [-0.4, -0.2) is 55.6 Å². The van der Waals surface area contributed by atoms with E-state index in [1.54, 1.807) is 6.07 Å². The Morgan fingerprint density at radius 3 is 2.24 bits per heavy atom. The number of hydrogen-bond acceptors (Lipinski definition) is 7. The summed E-state index contributed by atoms with van der Waals surface area (Å²) in [4.78, 5) is 1.72. The van der Waals surface area contributed by atoms with Gasteiger partial charge in [-0.1, -0.05) is 0 Å². The number of halogens is 4. The van der Waals surface area contributed by atoms with Crippen molar-refractivity contribution in [3.63, 3.8) is 0 Å². The van der Waals surface area contributed by atoms with Crippen LogP contribution in [0.4, 0.5) is 30.2 Å². The van der Waals surface area contributed by atoms with E-state index in [0.29, 0.717) is 12.2 Å². The van der Waals surface area contributed by atoms with E-state index in [9.17, 15) is 30.0 Å². The Hall–Kier alpha value is -2.42. The van der Waals surface area contributed by atoms with Gasteiger partial charge in [0.1, 0.15) is 5.75 Å². The van der Waals surface area contributed by atoms with Crippen molar-refractivity contribution in [2.75, 3.05) is 46.8 Å². The predicted octanol–water partition coefficient (Wildman–Crippen LogP) is 2.98. The molecule has 2 aromatic carbocycles. The van der Waals surface area contributed by atoms with Crippen molar-refractivity contribution in [1.29, 1.82) is 0 Å². The zero-order valence-corrected chi connectivity index (χ0v) is 20.4. The standard InChI is InChI=1S/C19H23F3N4O5S2.ClH/c1-32(27,28)24-18-13-14(26-11-2-9-23-10-12-26)3-8-17(18)25-33(29,30)16-6-4-15(5-7-16)31-19(20,21)22;/h3-8,13,23-25H,2,9-12H2,1H3;1H. The third-order valence-corrected chi connectivity index (χ3v) is 6.59. The highest BCUT2D eigenvalue weighted by atomic mass is 35.5. The molecule has 2 aromatic rings. The zero-order valence-electron chi connectivity index (χ0n) is 17.9. The normalized spacial score (nSPS) is 15.1. The van der Waals surface area contributed by atoms with Gasteiger partial charge in [0.15, 0.2) is 0 Å². The summed E-state index contributed by atoms with van der Waals surface area (Å²) in [5.41, 5.74) is 0.696. The summed E-state index contributed by atoms with van der Waals surface area (Å²) < 4.78 is 94.6. The number of nitrogens with one attached hydrogen (secondary N) is 3. The minimum atomic E-state index is -4.91. The summed E-state index contributed by atoms with van der Waals surface area (Å²) >= 11 is 0. The first-order valence-corrected chi connectivity index (χ1v) is 13.2. The third-order valence-electron chi connectivity index (χ3n) is 4.62. The largest absolute Gasteiger partial charge is 0.573 e. The molecule has 0 atom stereocenters. The molecule has 1 aliphatic rings. The molecule has 1 fully saturated rings. The highest BCUT2D eigenvalue weighted by molar-refractivity contribution is 7.93. The van der Waals surface area contributed by atoms with Gasteiger partial charge in [-0.05, 0) is 55.4 Å². The molecule has 190 valence electrons. The molecule has 15 heteroatoms. The van der Waals surface area contributed by atoms with E-state index in [1.807, 2.05) is 4.90 Å². The van der Waals surface area contributed by atoms with Gasteiger partial charge in [-0.2, -0.15) is 0 Å². The maximum absolute atomic E-state index is 12.8. The highest BCUT2D eigenvalue weighted by Crippen LogP contribution is 2.31. The van der Waals surface area contributed by atoms with Crippen molar-refractivity contribution in [2.24, 2.45) is 0 Å². The molecule has 0 aliphatic carbocycles. The Kier molecular flexibility index (Phi) is 8.91. The van der Waals surface area contributed by atoms with Crippen LogP contribution in [0.5, 0.6) is 5.75 Å². The fraction of sp³-hybridized carbons (Fsp3) is 0.368. The average Bonchev–Trinajstić information content (AvgIpc) is 2.97. The number of anilines is 3. The van der Waals surface area contributed by atoms with Crippen molar-refractivity contribution < 1.29 is 34.7 Å². The molecule has 1 heterocycles. The second-order valence-corrected chi connectivity index (χ2v) is 10.8. The number of benzene rings is 2. The summed E-state index contributed by atoms with van der Waals surface area (Å²) in [6.07, 6.45) is -3.08. The van der Waals surface area contributed by atoms with Crippen LogP contribution < -0.4 is 24.4 Å². The summed E-state index contributed by atoms with van der Waals surface area (Å²) in [5, 5.41) is 3.26. The van der Waals surface area contributed by atoms with Gasteiger partial charge in [0, 0.05) is 25.3 Å². The predicted molar refractivity (Wildman–Crippen MR) is 126 cm³/mol. The van der Waals surface area contributed by atoms with Gasteiger partial charge < -0.3 is 15.0 Å². The number of alkyl halides is 3. The summed E-state index contributed by atoms with van der Waals surface area (Å²) in [6.45, 7) is 3.03. The smallest absolute Gasteiger partial charge is 0.406 e. The second kappa shape index (κ2) is 10.9. The van der Waals surface area contributed by atoms with Crippen molar-refractivity contribution in [1.82, 2.24) is 5.32 Å². The van der Waals surface area contributed by atoms with Gasteiger partial charge in [-0.3, -0.25) is 9.44 Å². The molecule has 0 bridgehead atoms. The Morgan fingerprint density at radius 2 is 1.62 bits per heavy atom. The van der Waals surface area contributed by atoms with Crippen LogP contribution in [0.25, 0.3) is 0 Å². The van der Waals surface area contributed by atoms with E-state index in [-0.39, 0.29) is 28.7 Å². The number of nitrogens with zero attached hydrogens (tertiary/aromatic N) is 1. The lowest BCUT2D eigenvalue weighted by molar-refractivity contribution is -0.274. The van der Waals surface area contributed by atoms with E-state index in [2.05, 4.69) is 19.5 Å². The SMILES string of the molecule is CS(=O)(=O)Nc1cc(N2CCCNCC2)ccc1NS(=O)(=O)c1ccc(OC(F)(F)F)cc1.Cl. The van der Waals surface area contributed by atoms with Crippen LogP contribution in [0.3, 0.4) is 0 Å². The van der Waals surface area contributed by atoms with E-state index in [0.717, 1.165) is 56.6 Å². The second-order valence-electron chi connectivity index (χ2n) is 7.32. The lowest BCUT2D eigenvalue weighted by atomic mass is 10.2. The molecule has 9 nitrogen and oxygen atoms in total. The maximum atomic E-state index is 12.8. The van der Waals surface area contributed by atoms with Crippen LogP contribution in [0.1, 0.15) is 6.42 Å². The summed E-state index contributed by atoms with van der Waals surface area (Å²) in [5.74, 6) is -0.572. The Balaban J connectivity index is 0.00000408. The van der Waals surface area contributed by atoms with Crippen molar-refractivity contribution in [3.8, 4) is 5.75 Å². The van der Waals surface area contributed by atoms with Crippen LogP contribution in [0.15, 0.2) is 47.4 Å². The molecule has 0 spiro atoms. The number of hydrogen-bond donors (Lipinski definition) is 3. The minimum Gasteiger partial charge on any atom is -0.406 e.